The number of anilines is 1. The van der Waals surface area contributed by atoms with Crippen LogP contribution >= 0.6 is 0 Å². The van der Waals surface area contributed by atoms with Gasteiger partial charge in [-0.15, -0.1) is 0 Å². The van der Waals surface area contributed by atoms with Gasteiger partial charge in [0.1, 0.15) is 18.8 Å². The van der Waals surface area contributed by atoms with Gasteiger partial charge in [0.25, 0.3) is 0 Å². The predicted octanol–water partition coefficient (Wildman–Crippen LogP) is 1.71. The number of ether oxygens (including phenoxy) is 2. The zero-order valence-corrected chi connectivity index (χ0v) is 10.1. The highest BCUT2D eigenvalue weighted by molar-refractivity contribution is 5.37. The summed E-state index contributed by atoms with van der Waals surface area (Å²) in [4.78, 5) is 8.14. The second-order valence-electron chi connectivity index (χ2n) is 3.54. The van der Waals surface area contributed by atoms with Gasteiger partial charge in [0.05, 0.1) is 6.61 Å². The van der Waals surface area contributed by atoms with E-state index in [1.807, 2.05) is 0 Å². The Bertz CT molecular complexity index is 307. The second-order valence-corrected chi connectivity index (χ2v) is 3.54. The van der Waals surface area contributed by atoms with Crippen molar-refractivity contribution in [3.05, 3.63) is 12.4 Å². The molecule has 90 valence electrons. The molecule has 0 fully saturated rings. The molecule has 0 saturated carbocycles. The monoisotopic (exact) mass is 225 g/mol. The lowest BCUT2D eigenvalue weighted by molar-refractivity contribution is 0.143. The molecule has 1 aromatic heterocycles. The number of nitrogens with zero attached hydrogens (tertiary/aromatic N) is 2. The quantitative estimate of drug-likeness (QED) is 0.716. The summed E-state index contributed by atoms with van der Waals surface area (Å²) in [5.41, 5.74) is 0. The summed E-state index contributed by atoms with van der Waals surface area (Å²) >= 11 is 0. The summed E-state index contributed by atoms with van der Waals surface area (Å²) < 4.78 is 10.3. The summed E-state index contributed by atoms with van der Waals surface area (Å²) in [7, 11) is 1.64. The van der Waals surface area contributed by atoms with Crippen molar-refractivity contribution in [3.63, 3.8) is 0 Å². The van der Waals surface area contributed by atoms with Crippen molar-refractivity contribution in [2.75, 3.05) is 25.6 Å². The van der Waals surface area contributed by atoms with Crippen molar-refractivity contribution in [3.8, 4) is 5.88 Å². The summed E-state index contributed by atoms with van der Waals surface area (Å²) in [6.07, 6.45) is 2.54. The fraction of sp³-hybridized carbons (Fsp3) is 0.636. The molecular formula is C11H19N3O2. The topological polar surface area (TPSA) is 56.3 Å². The van der Waals surface area contributed by atoms with E-state index in [2.05, 4.69) is 29.1 Å². The van der Waals surface area contributed by atoms with Gasteiger partial charge in [-0.3, -0.25) is 0 Å². The molecule has 0 spiro atoms. The zero-order chi connectivity index (χ0) is 11.8. The zero-order valence-electron chi connectivity index (χ0n) is 10.1. The molecule has 0 aliphatic rings. The van der Waals surface area contributed by atoms with Crippen molar-refractivity contribution >= 4 is 5.82 Å². The number of rotatable bonds is 7. The van der Waals surface area contributed by atoms with E-state index >= 15 is 0 Å². The molecule has 0 saturated heterocycles. The molecule has 0 amide bonds. The van der Waals surface area contributed by atoms with Gasteiger partial charge in [-0.2, -0.15) is 0 Å². The van der Waals surface area contributed by atoms with E-state index in [1.165, 1.54) is 6.33 Å². The van der Waals surface area contributed by atoms with Crippen LogP contribution in [0.15, 0.2) is 12.4 Å². The lowest BCUT2D eigenvalue weighted by atomic mass is 10.2. The van der Waals surface area contributed by atoms with Crippen LogP contribution in [0.2, 0.25) is 0 Å². The highest BCUT2D eigenvalue weighted by atomic mass is 16.5. The summed E-state index contributed by atoms with van der Waals surface area (Å²) in [5.74, 6) is 1.36. The number of hydrogen-bond acceptors (Lipinski definition) is 5. The van der Waals surface area contributed by atoms with Crippen molar-refractivity contribution < 1.29 is 9.47 Å². The minimum atomic E-state index is 0.390. The molecule has 1 rings (SSSR count). The largest absolute Gasteiger partial charge is 0.475 e. The van der Waals surface area contributed by atoms with Crippen molar-refractivity contribution in [2.24, 2.45) is 0 Å². The van der Waals surface area contributed by atoms with Gasteiger partial charge in [0.2, 0.25) is 5.88 Å². The van der Waals surface area contributed by atoms with E-state index in [0.29, 0.717) is 25.1 Å². The van der Waals surface area contributed by atoms with Gasteiger partial charge in [-0.05, 0) is 13.3 Å². The van der Waals surface area contributed by atoms with E-state index in [4.69, 9.17) is 9.47 Å². The number of hydrogen-bond donors (Lipinski definition) is 1. The van der Waals surface area contributed by atoms with E-state index in [-0.39, 0.29) is 0 Å². The Morgan fingerprint density at radius 1 is 1.38 bits per heavy atom. The standard InChI is InChI=1S/C11H19N3O2/c1-4-9(2)14-10-7-11(13-8-12-10)16-6-5-15-3/h7-9H,4-6H2,1-3H3,(H,12,13,14). The molecule has 5 nitrogen and oxygen atoms in total. The average Bonchev–Trinajstić information content (AvgIpc) is 2.30. The van der Waals surface area contributed by atoms with Crippen molar-refractivity contribution in [1.29, 1.82) is 0 Å². The van der Waals surface area contributed by atoms with E-state index in [1.54, 1.807) is 13.2 Å². The third-order valence-electron chi connectivity index (χ3n) is 2.19. The van der Waals surface area contributed by atoms with Crippen LogP contribution < -0.4 is 10.1 Å². The lowest BCUT2D eigenvalue weighted by Gasteiger charge is -2.12. The number of aromatic nitrogens is 2. The normalized spacial score (nSPS) is 12.2. The molecule has 16 heavy (non-hydrogen) atoms. The summed E-state index contributed by atoms with van der Waals surface area (Å²) in [5, 5.41) is 3.26. The molecule has 1 N–H and O–H groups in total. The Kier molecular flexibility index (Phi) is 5.56. The summed E-state index contributed by atoms with van der Waals surface area (Å²) in [6, 6.07) is 2.18. The SMILES string of the molecule is CCC(C)Nc1cc(OCCOC)ncn1. The molecule has 0 bridgehead atoms. The Morgan fingerprint density at radius 3 is 2.88 bits per heavy atom. The van der Waals surface area contributed by atoms with Crippen LogP contribution in [0.1, 0.15) is 20.3 Å². The van der Waals surface area contributed by atoms with Crippen LogP contribution in [0, 0.1) is 0 Å². The smallest absolute Gasteiger partial charge is 0.218 e. The van der Waals surface area contributed by atoms with Crippen LogP contribution in [0.5, 0.6) is 5.88 Å². The lowest BCUT2D eigenvalue weighted by Crippen LogP contribution is -2.14. The Hall–Kier alpha value is -1.36. The Labute approximate surface area is 96.2 Å². The van der Waals surface area contributed by atoms with Gasteiger partial charge < -0.3 is 14.8 Å². The van der Waals surface area contributed by atoms with Gasteiger partial charge in [0.15, 0.2) is 0 Å². The van der Waals surface area contributed by atoms with E-state index in [0.717, 1.165) is 12.2 Å². The molecular weight excluding hydrogens is 206 g/mol. The van der Waals surface area contributed by atoms with Crippen LogP contribution in [-0.2, 0) is 4.74 Å². The average molecular weight is 225 g/mol. The molecule has 1 atom stereocenters. The van der Waals surface area contributed by atoms with Crippen LogP contribution in [-0.4, -0.2) is 36.3 Å². The fourth-order valence-electron chi connectivity index (χ4n) is 1.08. The second kappa shape index (κ2) is 7.00. The highest BCUT2D eigenvalue weighted by Crippen LogP contribution is 2.12. The van der Waals surface area contributed by atoms with Crippen molar-refractivity contribution in [2.45, 2.75) is 26.3 Å². The van der Waals surface area contributed by atoms with Crippen LogP contribution in [0.25, 0.3) is 0 Å². The first kappa shape index (κ1) is 12.7. The molecule has 1 unspecified atom stereocenters. The predicted molar refractivity (Wildman–Crippen MR) is 62.8 cm³/mol. The highest BCUT2D eigenvalue weighted by Gasteiger charge is 2.02. The van der Waals surface area contributed by atoms with Gasteiger partial charge in [0, 0.05) is 19.2 Å². The van der Waals surface area contributed by atoms with Gasteiger partial charge >= 0.3 is 0 Å². The number of nitrogens with one attached hydrogen (secondary N) is 1. The van der Waals surface area contributed by atoms with Crippen molar-refractivity contribution in [1.82, 2.24) is 9.97 Å². The van der Waals surface area contributed by atoms with E-state index in [9.17, 15) is 0 Å². The summed E-state index contributed by atoms with van der Waals surface area (Å²) in [6.45, 7) is 5.27. The molecule has 5 heteroatoms. The number of methoxy groups -OCH3 is 1. The molecule has 0 aliphatic heterocycles. The Morgan fingerprint density at radius 2 is 2.19 bits per heavy atom. The van der Waals surface area contributed by atoms with Gasteiger partial charge in [-0.1, -0.05) is 6.92 Å². The first-order valence-corrected chi connectivity index (χ1v) is 5.46. The maximum atomic E-state index is 5.39. The molecule has 0 aliphatic carbocycles. The maximum absolute atomic E-state index is 5.39. The third kappa shape index (κ3) is 4.44. The minimum Gasteiger partial charge on any atom is -0.475 e. The minimum absolute atomic E-state index is 0.390. The molecule has 1 heterocycles. The Balaban J connectivity index is 2.50. The fourth-order valence-corrected chi connectivity index (χ4v) is 1.08. The molecule has 0 radical (unpaired) electrons. The molecule has 0 aromatic carbocycles. The van der Waals surface area contributed by atoms with Crippen LogP contribution in [0.4, 0.5) is 5.82 Å². The first-order valence-electron chi connectivity index (χ1n) is 5.46. The maximum Gasteiger partial charge on any atom is 0.218 e. The van der Waals surface area contributed by atoms with Crippen LogP contribution in [0.3, 0.4) is 0 Å². The third-order valence-corrected chi connectivity index (χ3v) is 2.19. The first-order chi connectivity index (χ1) is 7.76. The van der Waals surface area contributed by atoms with Gasteiger partial charge in [-0.25, -0.2) is 9.97 Å². The molecule has 1 aromatic rings. The van der Waals surface area contributed by atoms with E-state index < -0.39 is 0 Å².